The summed E-state index contributed by atoms with van der Waals surface area (Å²) in [5.74, 6) is 0. The number of ether oxygens (including phenoxy) is 1. The van der Waals surface area contributed by atoms with Crippen LogP contribution in [0.1, 0.15) is 37.7 Å². The molecular weight excluding hydrogens is 254 g/mol. The van der Waals surface area contributed by atoms with E-state index >= 15 is 0 Å². The van der Waals surface area contributed by atoms with Gasteiger partial charge in [-0.2, -0.15) is 0 Å². The van der Waals surface area contributed by atoms with E-state index in [2.05, 4.69) is 29.6 Å². The largest absolute Gasteiger partial charge is 0.464 e. The van der Waals surface area contributed by atoms with Gasteiger partial charge in [0.1, 0.15) is 6.10 Å². The summed E-state index contributed by atoms with van der Waals surface area (Å²) in [6, 6.07) is 10.2. The highest BCUT2D eigenvalue weighted by Crippen LogP contribution is 2.14. The third-order valence-electron chi connectivity index (χ3n) is 3.25. The zero-order valence-electron chi connectivity index (χ0n) is 11.2. The highest BCUT2D eigenvalue weighted by atomic mass is 32.1. The second-order valence-electron chi connectivity index (χ2n) is 4.85. The molecule has 0 amide bonds. The van der Waals surface area contributed by atoms with Crippen molar-refractivity contribution in [2.75, 3.05) is 0 Å². The van der Waals surface area contributed by atoms with Crippen LogP contribution in [0.15, 0.2) is 42.5 Å². The van der Waals surface area contributed by atoms with Crippen molar-refractivity contribution in [2.24, 2.45) is 0 Å². The van der Waals surface area contributed by atoms with Gasteiger partial charge in [0.15, 0.2) is 0 Å². The third-order valence-corrected chi connectivity index (χ3v) is 3.49. The number of hydrogen-bond donors (Lipinski definition) is 1. The van der Waals surface area contributed by atoms with Gasteiger partial charge in [0, 0.05) is 6.54 Å². The van der Waals surface area contributed by atoms with Crippen LogP contribution in [0.2, 0.25) is 0 Å². The number of rotatable bonds is 3. The lowest BCUT2D eigenvalue weighted by molar-refractivity contribution is 0.214. The van der Waals surface area contributed by atoms with E-state index in [-0.39, 0.29) is 6.10 Å². The predicted octanol–water partition coefficient (Wildman–Crippen LogP) is 3.97. The van der Waals surface area contributed by atoms with Gasteiger partial charge in [0.05, 0.1) is 0 Å². The molecule has 0 heterocycles. The van der Waals surface area contributed by atoms with Crippen LogP contribution in [0.5, 0.6) is 0 Å². The van der Waals surface area contributed by atoms with Gasteiger partial charge in [-0.3, -0.25) is 0 Å². The SMILES string of the molecule is S=C(NCc1ccccc1)OC1/C=C/CCCCC1. The lowest BCUT2D eigenvalue weighted by Crippen LogP contribution is -2.27. The molecule has 1 aromatic rings. The maximum absolute atomic E-state index is 5.78. The van der Waals surface area contributed by atoms with Crippen molar-refractivity contribution >= 4 is 17.4 Å². The lowest BCUT2D eigenvalue weighted by Gasteiger charge is -2.18. The summed E-state index contributed by atoms with van der Waals surface area (Å²) in [5.41, 5.74) is 1.21. The lowest BCUT2D eigenvalue weighted by atomic mass is 10.0. The first-order chi connectivity index (χ1) is 9.34. The van der Waals surface area contributed by atoms with Crippen molar-refractivity contribution in [3.8, 4) is 0 Å². The number of nitrogens with one attached hydrogen (secondary N) is 1. The molecule has 19 heavy (non-hydrogen) atoms. The van der Waals surface area contributed by atoms with Crippen LogP contribution in [0.4, 0.5) is 0 Å². The summed E-state index contributed by atoms with van der Waals surface area (Å²) in [4.78, 5) is 0. The molecule has 1 atom stereocenters. The van der Waals surface area contributed by atoms with Gasteiger partial charge in [-0.1, -0.05) is 42.8 Å². The van der Waals surface area contributed by atoms with E-state index in [0.717, 1.165) is 19.4 Å². The Labute approximate surface area is 120 Å². The third kappa shape index (κ3) is 5.43. The Morgan fingerprint density at radius 2 is 2.05 bits per heavy atom. The summed E-state index contributed by atoms with van der Waals surface area (Å²) in [6.07, 6.45) is 10.5. The molecule has 0 spiro atoms. The normalized spacial score (nSPS) is 20.9. The van der Waals surface area contributed by atoms with E-state index in [1.807, 2.05) is 18.2 Å². The number of allylic oxidation sites excluding steroid dienone is 1. The minimum atomic E-state index is 0.135. The fraction of sp³-hybridized carbons (Fsp3) is 0.438. The van der Waals surface area contributed by atoms with E-state index in [4.69, 9.17) is 17.0 Å². The van der Waals surface area contributed by atoms with E-state index in [1.165, 1.54) is 24.8 Å². The fourth-order valence-corrected chi connectivity index (χ4v) is 2.37. The maximum atomic E-state index is 5.78. The standard InChI is InChI=1S/C16H21NOS/c19-16(17-13-14-9-5-4-6-10-14)18-15-11-7-2-1-3-8-12-15/h4-7,9-11,15H,1-3,8,12-13H2,(H,17,19)/b11-7+. The van der Waals surface area contributed by atoms with Crippen molar-refractivity contribution < 1.29 is 4.74 Å². The summed E-state index contributed by atoms with van der Waals surface area (Å²) in [5, 5.41) is 3.66. The smallest absolute Gasteiger partial charge is 0.257 e. The van der Waals surface area contributed by atoms with Gasteiger partial charge in [0.25, 0.3) is 5.17 Å². The fourth-order valence-electron chi connectivity index (χ4n) is 2.18. The summed E-state index contributed by atoms with van der Waals surface area (Å²) < 4.78 is 5.78. The Kier molecular flexibility index (Phi) is 5.89. The van der Waals surface area contributed by atoms with E-state index in [9.17, 15) is 0 Å². The summed E-state index contributed by atoms with van der Waals surface area (Å²) >= 11 is 5.24. The molecule has 2 nitrogen and oxygen atoms in total. The minimum absolute atomic E-state index is 0.135. The topological polar surface area (TPSA) is 21.3 Å². The quantitative estimate of drug-likeness (QED) is 0.666. The predicted molar refractivity (Wildman–Crippen MR) is 83.0 cm³/mol. The molecule has 0 radical (unpaired) electrons. The molecule has 0 bridgehead atoms. The van der Waals surface area contributed by atoms with Gasteiger partial charge in [-0.15, -0.1) is 0 Å². The molecule has 0 saturated carbocycles. The molecule has 0 fully saturated rings. The Morgan fingerprint density at radius 1 is 1.21 bits per heavy atom. The van der Waals surface area contributed by atoms with Crippen LogP contribution < -0.4 is 5.32 Å². The highest BCUT2D eigenvalue weighted by molar-refractivity contribution is 7.80. The Balaban J connectivity index is 1.75. The summed E-state index contributed by atoms with van der Waals surface area (Å²) in [6.45, 7) is 0.718. The number of benzene rings is 1. The van der Waals surface area contributed by atoms with Crippen molar-refractivity contribution in [1.29, 1.82) is 0 Å². The van der Waals surface area contributed by atoms with Gasteiger partial charge >= 0.3 is 0 Å². The Bertz CT molecular complexity index is 416. The second kappa shape index (κ2) is 7.95. The van der Waals surface area contributed by atoms with E-state index < -0.39 is 0 Å². The summed E-state index contributed by atoms with van der Waals surface area (Å²) in [7, 11) is 0. The van der Waals surface area contributed by atoms with Crippen LogP contribution >= 0.6 is 12.2 Å². The Hall–Kier alpha value is -1.35. The minimum Gasteiger partial charge on any atom is -0.464 e. The van der Waals surface area contributed by atoms with Gasteiger partial charge in [-0.25, -0.2) is 0 Å². The number of hydrogen-bond acceptors (Lipinski definition) is 2. The van der Waals surface area contributed by atoms with Crippen LogP contribution in [-0.2, 0) is 11.3 Å². The highest BCUT2D eigenvalue weighted by Gasteiger charge is 2.09. The maximum Gasteiger partial charge on any atom is 0.257 e. The zero-order valence-corrected chi connectivity index (χ0v) is 12.0. The van der Waals surface area contributed by atoms with Gasteiger partial charge < -0.3 is 10.1 Å². The average Bonchev–Trinajstić information content (AvgIpc) is 2.41. The molecule has 102 valence electrons. The first-order valence-corrected chi connectivity index (χ1v) is 7.40. The van der Waals surface area contributed by atoms with Gasteiger partial charge in [0.2, 0.25) is 0 Å². The molecule has 2 rings (SSSR count). The molecule has 1 aromatic carbocycles. The van der Waals surface area contributed by atoms with Crippen LogP contribution in [0.3, 0.4) is 0 Å². The first kappa shape index (κ1) is 14.1. The van der Waals surface area contributed by atoms with E-state index in [0.29, 0.717) is 5.17 Å². The molecule has 3 heteroatoms. The monoisotopic (exact) mass is 275 g/mol. The van der Waals surface area contributed by atoms with Crippen molar-refractivity contribution in [1.82, 2.24) is 5.32 Å². The average molecular weight is 275 g/mol. The second-order valence-corrected chi connectivity index (χ2v) is 5.22. The molecule has 1 unspecified atom stereocenters. The number of thiocarbonyl (C=S) groups is 1. The van der Waals surface area contributed by atoms with Gasteiger partial charge in [-0.05, 0) is 49.5 Å². The molecule has 0 saturated heterocycles. The zero-order chi connectivity index (χ0) is 13.3. The van der Waals surface area contributed by atoms with Crippen molar-refractivity contribution in [3.05, 3.63) is 48.0 Å². The van der Waals surface area contributed by atoms with Crippen LogP contribution in [0, 0.1) is 0 Å². The molecule has 0 aliphatic heterocycles. The molecule has 1 N–H and O–H groups in total. The molecule has 1 aliphatic rings. The van der Waals surface area contributed by atoms with Crippen molar-refractivity contribution in [3.63, 3.8) is 0 Å². The Morgan fingerprint density at radius 3 is 2.89 bits per heavy atom. The van der Waals surface area contributed by atoms with Crippen molar-refractivity contribution in [2.45, 2.75) is 44.8 Å². The molecule has 0 aromatic heterocycles. The first-order valence-electron chi connectivity index (χ1n) is 6.99. The molecule has 1 aliphatic carbocycles. The van der Waals surface area contributed by atoms with Crippen LogP contribution in [0.25, 0.3) is 0 Å². The van der Waals surface area contributed by atoms with E-state index in [1.54, 1.807) is 0 Å². The molecular formula is C16H21NOS. The van der Waals surface area contributed by atoms with Crippen LogP contribution in [-0.4, -0.2) is 11.3 Å².